The molecule has 0 amide bonds. The normalized spacial score (nSPS) is 13.4. The average Bonchev–Trinajstić information content (AvgIpc) is 2.50. The van der Waals surface area contributed by atoms with Crippen LogP contribution >= 0.6 is 0 Å². The molecule has 1 unspecified atom stereocenters. The minimum Gasteiger partial charge on any atom is -0.448 e. The van der Waals surface area contributed by atoms with Gasteiger partial charge in [-0.25, -0.2) is 4.98 Å². The fourth-order valence-corrected chi connectivity index (χ4v) is 1.02. The summed E-state index contributed by atoms with van der Waals surface area (Å²) in [7, 11) is 0. The van der Waals surface area contributed by atoms with E-state index in [1.165, 1.54) is 6.39 Å². The van der Waals surface area contributed by atoms with Gasteiger partial charge in [-0.2, -0.15) is 0 Å². The third-order valence-corrected chi connectivity index (χ3v) is 1.93. The van der Waals surface area contributed by atoms with Gasteiger partial charge in [-0.1, -0.05) is 13.8 Å². The highest BCUT2D eigenvalue weighted by molar-refractivity contribution is 5.10. The van der Waals surface area contributed by atoms with E-state index in [1.54, 1.807) is 0 Å². The zero-order valence-electron chi connectivity index (χ0n) is 7.00. The minimum absolute atomic E-state index is 0.427. The maximum absolute atomic E-state index is 5.47. The summed E-state index contributed by atoms with van der Waals surface area (Å²) in [5.41, 5.74) is 6.35. The van der Waals surface area contributed by atoms with Crippen molar-refractivity contribution in [1.29, 1.82) is 0 Å². The monoisotopic (exact) mass is 154 g/mol. The molecule has 0 aliphatic rings. The summed E-state index contributed by atoms with van der Waals surface area (Å²) in [6.45, 7) is 4.70. The molecule has 1 aromatic heterocycles. The topological polar surface area (TPSA) is 52.0 Å². The SMILES string of the molecule is CCC(C)c1ocnc1CN. The molecule has 1 atom stereocenters. The lowest BCUT2D eigenvalue weighted by atomic mass is 10.0. The van der Waals surface area contributed by atoms with Crippen LogP contribution in [0.1, 0.15) is 37.6 Å². The lowest BCUT2D eigenvalue weighted by Gasteiger charge is -2.04. The maximum Gasteiger partial charge on any atom is 0.181 e. The summed E-state index contributed by atoms with van der Waals surface area (Å²) in [5, 5.41) is 0. The van der Waals surface area contributed by atoms with Crippen molar-refractivity contribution >= 4 is 0 Å². The van der Waals surface area contributed by atoms with E-state index in [-0.39, 0.29) is 0 Å². The number of hydrogen-bond donors (Lipinski definition) is 1. The van der Waals surface area contributed by atoms with Gasteiger partial charge in [0.1, 0.15) is 5.76 Å². The second-order valence-corrected chi connectivity index (χ2v) is 2.68. The van der Waals surface area contributed by atoms with Gasteiger partial charge >= 0.3 is 0 Å². The summed E-state index contributed by atoms with van der Waals surface area (Å²) in [4.78, 5) is 4.01. The molecule has 0 spiro atoms. The molecule has 1 aromatic rings. The molecule has 0 aliphatic heterocycles. The maximum atomic E-state index is 5.47. The Morgan fingerprint density at radius 1 is 1.73 bits per heavy atom. The van der Waals surface area contributed by atoms with E-state index in [0.29, 0.717) is 12.5 Å². The Morgan fingerprint density at radius 2 is 2.45 bits per heavy atom. The third kappa shape index (κ3) is 1.60. The highest BCUT2D eigenvalue weighted by Gasteiger charge is 2.12. The number of aromatic nitrogens is 1. The Bertz CT molecular complexity index is 220. The van der Waals surface area contributed by atoms with Crippen molar-refractivity contribution in [3.05, 3.63) is 17.8 Å². The molecular weight excluding hydrogens is 140 g/mol. The minimum atomic E-state index is 0.427. The summed E-state index contributed by atoms with van der Waals surface area (Å²) >= 11 is 0. The first-order valence-electron chi connectivity index (χ1n) is 3.91. The molecule has 3 nitrogen and oxygen atoms in total. The zero-order valence-corrected chi connectivity index (χ0v) is 7.00. The van der Waals surface area contributed by atoms with Crippen molar-refractivity contribution < 1.29 is 4.42 Å². The van der Waals surface area contributed by atoms with E-state index in [4.69, 9.17) is 10.2 Å². The van der Waals surface area contributed by atoms with E-state index < -0.39 is 0 Å². The number of rotatable bonds is 3. The van der Waals surface area contributed by atoms with Crippen molar-refractivity contribution in [2.45, 2.75) is 32.7 Å². The van der Waals surface area contributed by atoms with Crippen LogP contribution in [0.5, 0.6) is 0 Å². The molecule has 62 valence electrons. The van der Waals surface area contributed by atoms with Crippen LogP contribution in [0.3, 0.4) is 0 Å². The molecule has 3 heteroatoms. The van der Waals surface area contributed by atoms with Crippen LogP contribution in [0.15, 0.2) is 10.8 Å². The first kappa shape index (κ1) is 8.27. The Labute approximate surface area is 66.6 Å². The van der Waals surface area contributed by atoms with Crippen LogP contribution in [0.25, 0.3) is 0 Å². The van der Waals surface area contributed by atoms with E-state index in [0.717, 1.165) is 17.9 Å². The standard InChI is InChI=1S/C8H14N2O/c1-3-6(2)8-7(4-9)10-5-11-8/h5-6H,3-4,9H2,1-2H3. The number of hydrogen-bond acceptors (Lipinski definition) is 3. The van der Waals surface area contributed by atoms with Crippen molar-refractivity contribution in [3.63, 3.8) is 0 Å². The lowest BCUT2D eigenvalue weighted by molar-refractivity contribution is 0.462. The summed E-state index contributed by atoms with van der Waals surface area (Å²) in [6, 6.07) is 0. The van der Waals surface area contributed by atoms with Gasteiger partial charge in [0.2, 0.25) is 0 Å². The smallest absolute Gasteiger partial charge is 0.181 e. The molecule has 1 heterocycles. The summed E-state index contributed by atoms with van der Waals surface area (Å²) in [5.74, 6) is 1.37. The molecule has 2 N–H and O–H groups in total. The molecular formula is C8H14N2O. The van der Waals surface area contributed by atoms with Gasteiger partial charge in [0.25, 0.3) is 0 Å². The Morgan fingerprint density at radius 3 is 3.00 bits per heavy atom. The van der Waals surface area contributed by atoms with Gasteiger partial charge in [0.15, 0.2) is 6.39 Å². The fraction of sp³-hybridized carbons (Fsp3) is 0.625. The van der Waals surface area contributed by atoms with Crippen LogP contribution in [-0.2, 0) is 6.54 Å². The predicted octanol–water partition coefficient (Wildman–Crippen LogP) is 1.65. The Hall–Kier alpha value is -0.830. The van der Waals surface area contributed by atoms with Crippen molar-refractivity contribution in [1.82, 2.24) is 4.98 Å². The number of nitrogens with zero attached hydrogens (tertiary/aromatic N) is 1. The summed E-state index contributed by atoms with van der Waals surface area (Å²) in [6.07, 6.45) is 2.52. The second kappa shape index (κ2) is 3.53. The van der Waals surface area contributed by atoms with E-state index in [1.807, 2.05) is 0 Å². The Balaban J connectivity index is 2.83. The van der Waals surface area contributed by atoms with Gasteiger partial charge < -0.3 is 10.2 Å². The molecule has 0 saturated heterocycles. The van der Waals surface area contributed by atoms with Crippen LogP contribution < -0.4 is 5.73 Å². The highest BCUT2D eigenvalue weighted by atomic mass is 16.3. The van der Waals surface area contributed by atoms with Crippen molar-refractivity contribution in [2.75, 3.05) is 0 Å². The second-order valence-electron chi connectivity index (χ2n) is 2.68. The van der Waals surface area contributed by atoms with E-state index in [9.17, 15) is 0 Å². The van der Waals surface area contributed by atoms with Gasteiger partial charge in [-0.05, 0) is 6.42 Å². The highest BCUT2D eigenvalue weighted by Crippen LogP contribution is 2.21. The van der Waals surface area contributed by atoms with Crippen LogP contribution in [0.4, 0.5) is 0 Å². The molecule has 0 fully saturated rings. The fourth-order valence-electron chi connectivity index (χ4n) is 1.02. The first-order valence-corrected chi connectivity index (χ1v) is 3.91. The molecule has 0 aliphatic carbocycles. The average molecular weight is 154 g/mol. The van der Waals surface area contributed by atoms with Crippen LogP contribution in [0.2, 0.25) is 0 Å². The van der Waals surface area contributed by atoms with E-state index in [2.05, 4.69) is 18.8 Å². The molecule has 0 saturated carbocycles. The molecule has 0 aromatic carbocycles. The lowest BCUT2D eigenvalue weighted by Crippen LogP contribution is -2.02. The summed E-state index contributed by atoms with van der Waals surface area (Å²) < 4.78 is 5.22. The number of nitrogens with two attached hydrogens (primary N) is 1. The van der Waals surface area contributed by atoms with Crippen molar-refractivity contribution in [2.24, 2.45) is 5.73 Å². The largest absolute Gasteiger partial charge is 0.448 e. The van der Waals surface area contributed by atoms with Gasteiger partial charge in [0, 0.05) is 12.5 Å². The van der Waals surface area contributed by atoms with E-state index >= 15 is 0 Å². The number of oxazole rings is 1. The molecule has 0 bridgehead atoms. The van der Waals surface area contributed by atoms with Gasteiger partial charge in [-0.15, -0.1) is 0 Å². The molecule has 0 radical (unpaired) electrons. The molecule has 1 rings (SSSR count). The Kier molecular flexibility index (Phi) is 2.65. The third-order valence-electron chi connectivity index (χ3n) is 1.93. The quantitative estimate of drug-likeness (QED) is 0.720. The van der Waals surface area contributed by atoms with Crippen LogP contribution in [-0.4, -0.2) is 4.98 Å². The van der Waals surface area contributed by atoms with Gasteiger partial charge in [-0.3, -0.25) is 0 Å². The van der Waals surface area contributed by atoms with Crippen LogP contribution in [0, 0.1) is 0 Å². The molecule has 11 heavy (non-hydrogen) atoms. The van der Waals surface area contributed by atoms with Crippen molar-refractivity contribution in [3.8, 4) is 0 Å². The van der Waals surface area contributed by atoms with Gasteiger partial charge in [0.05, 0.1) is 5.69 Å². The predicted molar refractivity (Wildman–Crippen MR) is 43.1 cm³/mol. The first-order chi connectivity index (χ1) is 5.29. The zero-order chi connectivity index (χ0) is 8.27.